The Balaban J connectivity index is 0.00000289. The first-order chi connectivity index (χ1) is 7.79. The minimum atomic E-state index is -0.601. The maximum Gasteiger partial charge on any atom is 0.338 e. The molecule has 0 unspecified atom stereocenters. The molecule has 0 bridgehead atoms. The second-order valence-electron chi connectivity index (χ2n) is 4.37. The first-order valence-corrected chi connectivity index (χ1v) is 5.00. The summed E-state index contributed by atoms with van der Waals surface area (Å²) in [5, 5.41) is 10.4. The number of halogens is 1. The van der Waals surface area contributed by atoms with E-state index in [1.165, 1.54) is 24.3 Å². The maximum atomic E-state index is 11.5. The fourth-order valence-corrected chi connectivity index (χ4v) is 1.05. The van der Waals surface area contributed by atoms with Gasteiger partial charge < -0.3 is 10.5 Å². The molecule has 18 heavy (non-hydrogen) atoms. The zero-order valence-electron chi connectivity index (χ0n) is 10.1. The van der Waals surface area contributed by atoms with Crippen LogP contribution in [0.25, 0.3) is 0 Å². The number of carbonyl (C=O) groups is 1. The van der Waals surface area contributed by atoms with Crippen LogP contribution < -0.4 is 5.73 Å². The van der Waals surface area contributed by atoms with Crippen LogP contribution in [0.2, 0.25) is 0 Å². The van der Waals surface area contributed by atoms with Gasteiger partial charge in [0.25, 0.3) is 5.69 Å². The molecule has 0 saturated carbocycles. The molecule has 0 heterocycles. The number of rotatable bonds is 4. The molecule has 1 rings (SSSR count). The van der Waals surface area contributed by atoms with Gasteiger partial charge in [-0.25, -0.2) is 4.79 Å². The van der Waals surface area contributed by atoms with E-state index in [1.54, 1.807) is 13.8 Å². The van der Waals surface area contributed by atoms with Gasteiger partial charge in [0.2, 0.25) is 0 Å². The number of carbonyl (C=O) groups excluding carboxylic acids is 1. The summed E-state index contributed by atoms with van der Waals surface area (Å²) in [5.41, 5.74) is 5.25. The predicted molar refractivity (Wildman–Crippen MR) is 68.9 cm³/mol. The predicted octanol–water partition coefficient (Wildman–Crippen LogP) is 1.91. The molecule has 0 saturated heterocycles. The minimum absolute atomic E-state index is 0. The number of hydrogen-bond donors (Lipinski definition) is 1. The number of ether oxygens (including phenoxy) is 1. The monoisotopic (exact) mass is 274 g/mol. The number of esters is 1. The van der Waals surface area contributed by atoms with Crippen LogP contribution in [0.5, 0.6) is 0 Å². The molecule has 1 aromatic rings. The Hall–Kier alpha value is -1.66. The number of non-ortho nitro benzene ring substituents is 1. The van der Waals surface area contributed by atoms with Crippen molar-refractivity contribution in [3.63, 3.8) is 0 Å². The molecule has 0 fully saturated rings. The third-order valence-corrected chi connectivity index (χ3v) is 1.89. The Morgan fingerprint density at radius 2 is 1.89 bits per heavy atom. The third-order valence-electron chi connectivity index (χ3n) is 1.89. The fourth-order valence-electron chi connectivity index (χ4n) is 1.05. The Morgan fingerprint density at radius 3 is 2.28 bits per heavy atom. The Bertz CT molecular complexity index is 426. The van der Waals surface area contributed by atoms with Gasteiger partial charge >= 0.3 is 5.97 Å². The second kappa shape index (κ2) is 6.32. The van der Waals surface area contributed by atoms with Gasteiger partial charge in [-0.2, -0.15) is 0 Å². The van der Waals surface area contributed by atoms with Gasteiger partial charge in [-0.05, 0) is 26.0 Å². The SMILES string of the molecule is CC(C)(N)COC(=O)c1ccc([N+](=O)[O-])cc1.Cl. The first kappa shape index (κ1) is 16.3. The molecule has 0 aliphatic carbocycles. The van der Waals surface area contributed by atoms with Crippen molar-refractivity contribution in [2.45, 2.75) is 19.4 Å². The molecular weight excluding hydrogens is 260 g/mol. The minimum Gasteiger partial charge on any atom is -0.460 e. The average Bonchev–Trinajstić information content (AvgIpc) is 2.25. The third kappa shape index (κ3) is 5.11. The van der Waals surface area contributed by atoms with E-state index in [4.69, 9.17) is 10.5 Å². The average molecular weight is 275 g/mol. The van der Waals surface area contributed by atoms with E-state index < -0.39 is 16.4 Å². The van der Waals surface area contributed by atoms with E-state index in [2.05, 4.69) is 0 Å². The van der Waals surface area contributed by atoms with Gasteiger partial charge in [0.1, 0.15) is 6.61 Å². The number of nitro groups is 1. The molecule has 0 spiro atoms. The second-order valence-corrected chi connectivity index (χ2v) is 4.37. The molecule has 0 radical (unpaired) electrons. The van der Waals surface area contributed by atoms with E-state index in [0.717, 1.165) is 0 Å². The maximum absolute atomic E-state index is 11.5. The van der Waals surface area contributed by atoms with Gasteiger partial charge in [0.05, 0.1) is 10.5 Å². The standard InChI is InChI=1S/C11H14N2O4.ClH/c1-11(2,12)7-17-10(14)8-3-5-9(6-4-8)13(15)16;/h3-6H,7,12H2,1-2H3;1H. The molecule has 0 atom stereocenters. The van der Waals surface area contributed by atoms with Crippen molar-refractivity contribution in [2.24, 2.45) is 5.73 Å². The van der Waals surface area contributed by atoms with Crippen LogP contribution in [-0.2, 0) is 4.74 Å². The normalized spacial score (nSPS) is 10.4. The molecule has 0 aliphatic heterocycles. The van der Waals surface area contributed by atoms with Crippen LogP contribution in [0, 0.1) is 10.1 Å². The summed E-state index contributed by atoms with van der Waals surface area (Å²) >= 11 is 0. The van der Waals surface area contributed by atoms with Crippen molar-refractivity contribution in [1.29, 1.82) is 0 Å². The number of nitro benzene ring substituents is 1. The molecule has 100 valence electrons. The van der Waals surface area contributed by atoms with Crippen LogP contribution >= 0.6 is 12.4 Å². The van der Waals surface area contributed by atoms with Gasteiger partial charge in [-0.3, -0.25) is 10.1 Å². The number of hydrogen-bond acceptors (Lipinski definition) is 5. The summed E-state index contributed by atoms with van der Waals surface area (Å²) in [6.45, 7) is 3.55. The Labute approximate surface area is 111 Å². The van der Waals surface area contributed by atoms with Gasteiger partial charge in [-0.1, -0.05) is 0 Å². The van der Waals surface area contributed by atoms with E-state index in [0.29, 0.717) is 0 Å². The Morgan fingerprint density at radius 1 is 1.39 bits per heavy atom. The molecule has 0 aliphatic rings. The lowest BCUT2D eigenvalue weighted by Crippen LogP contribution is -2.38. The van der Waals surface area contributed by atoms with Crippen LogP contribution in [0.15, 0.2) is 24.3 Å². The fraction of sp³-hybridized carbons (Fsp3) is 0.364. The highest BCUT2D eigenvalue weighted by Crippen LogP contribution is 2.13. The summed E-state index contributed by atoms with van der Waals surface area (Å²) in [7, 11) is 0. The molecule has 6 nitrogen and oxygen atoms in total. The Kier molecular flexibility index (Phi) is 5.74. The summed E-state index contributed by atoms with van der Waals surface area (Å²) < 4.78 is 4.96. The van der Waals surface area contributed by atoms with Crippen molar-refractivity contribution < 1.29 is 14.5 Å². The highest BCUT2D eigenvalue weighted by atomic mass is 35.5. The summed E-state index contributed by atoms with van der Waals surface area (Å²) in [6.07, 6.45) is 0. The summed E-state index contributed by atoms with van der Waals surface area (Å²) in [5.74, 6) is -0.543. The van der Waals surface area contributed by atoms with E-state index in [9.17, 15) is 14.9 Å². The molecule has 0 amide bonds. The van der Waals surface area contributed by atoms with E-state index >= 15 is 0 Å². The van der Waals surface area contributed by atoms with Crippen molar-refractivity contribution in [2.75, 3.05) is 6.61 Å². The highest BCUT2D eigenvalue weighted by molar-refractivity contribution is 5.89. The zero-order chi connectivity index (χ0) is 13.1. The molecule has 7 heteroatoms. The number of nitrogens with zero attached hydrogens (tertiary/aromatic N) is 1. The molecular formula is C11H15ClN2O4. The zero-order valence-corrected chi connectivity index (χ0v) is 10.9. The number of benzene rings is 1. The van der Waals surface area contributed by atoms with Crippen LogP contribution in [-0.4, -0.2) is 23.0 Å². The van der Waals surface area contributed by atoms with Crippen molar-refractivity contribution in [1.82, 2.24) is 0 Å². The lowest BCUT2D eigenvalue weighted by molar-refractivity contribution is -0.384. The van der Waals surface area contributed by atoms with Crippen molar-refractivity contribution in [3.8, 4) is 0 Å². The smallest absolute Gasteiger partial charge is 0.338 e. The lowest BCUT2D eigenvalue weighted by atomic mass is 10.1. The lowest BCUT2D eigenvalue weighted by Gasteiger charge is -2.17. The highest BCUT2D eigenvalue weighted by Gasteiger charge is 2.16. The van der Waals surface area contributed by atoms with Crippen molar-refractivity contribution in [3.05, 3.63) is 39.9 Å². The van der Waals surface area contributed by atoms with Gasteiger partial charge in [-0.15, -0.1) is 12.4 Å². The van der Waals surface area contributed by atoms with Crippen molar-refractivity contribution >= 4 is 24.1 Å². The summed E-state index contributed by atoms with van der Waals surface area (Å²) in [4.78, 5) is 21.4. The number of nitrogens with two attached hydrogens (primary N) is 1. The van der Waals surface area contributed by atoms with Gasteiger partial charge in [0.15, 0.2) is 0 Å². The van der Waals surface area contributed by atoms with Crippen LogP contribution in [0.1, 0.15) is 24.2 Å². The quantitative estimate of drug-likeness (QED) is 0.514. The van der Waals surface area contributed by atoms with Crippen LogP contribution in [0.3, 0.4) is 0 Å². The van der Waals surface area contributed by atoms with E-state index in [1.807, 2.05) is 0 Å². The topological polar surface area (TPSA) is 95.5 Å². The first-order valence-electron chi connectivity index (χ1n) is 5.00. The molecule has 2 N–H and O–H groups in total. The molecule has 0 aromatic heterocycles. The van der Waals surface area contributed by atoms with Crippen LogP contribution in [0.4, 0.5) is 5.69 Å². The summed E-state index contributed by atoms with van der Waals surface area (Å²) in [6, 6.07) is 5.21. The molecule has 1 aromatic carbocycles. The largest absolute Gasteiger partial charge is 0.460 e. The van der Waals surface area contributed by atoms with E-state index in [-0.39, 0.29) is 30.3 Å². The van der Waals surface area contributed by atoms with Gasteiger partial charge in [0, 0.05) is 17.7 Å².